The summed E-state index contributed by atoms with van der Waals surface area (Å²) >= 11 is 0. The highest BCUT2D eigenvalue weighted by atomic mass is 16.5. The molecule has 1 aromatic rings. The Bertz CT molecular complexity index is 431. The molecule has 0 aromatic heterocycles. The zero-order chi connectivity index (χ0) is 19.2. The van der Waals surface area contributed by atoms with Crippen molar-refractivity contribution in [1.82, 2.24) is 0 Å². The van der Waals surface area contributed by atoms with Gasteiger partial charge in [0.05, 0.1) is 13.2 Å². The molecule has 2 heteroatoms. The predicted molar refractivity (Wildman–Crippen MR) is 113 cm³/mol. The van der Waals surface area contributed by atoms with Crippen molar-refractivity contribution in [2.45, 2.75) is 92.4 Å². The molecule has 150 valence electrons. The molecule has 1 aromatic carbocycles. The van der Waals surface area contributed by atoms with Gasteiger partial charge in [-0.1, -0.05) is 73.1 Å². The Morgan fingerprint density at radius 3 is 1.50 bits per heavy atom. The SMILES string of the molecule is CCCCC(CC)COc1cc(CC)cc(OCC(CC)CCCC)c1. The number of hydrogen-bond acceptors (Lipinski definition) is 2. The minimum Gasteiger partial charge on any atom is -0.493 e. The smallest absolute Gasteiger partial charge is 0.123 e. The summed E-state index contributed by atoms with van der Waals surface area (Å²) in [5.74, 6) is 3.25. The summed E-state index contributed by atoms with van der Waals surface area (Å²) in [7, 11) is 0. The van der Waals surface area contributed by atoms with Gasteiger partial charge in [-0.3, -0.25) is 0 Å². The molecule has 0 spiro atoms. The van der Waals surface area contributed by atoms with Crippen LogP contribution in [0.15, 0.2) is 18.2 Å². The summed E-state index contributed by atoms with van der Waals surface area (Å²) in [4.78, 5) is 0. The lowest BCUT2D eigenvalue weighted by molar-refractivity contribution is 0.222. The van der Waals surface area contributed by atoms with Crippen LogP contribution in [0, 0.1) is 11.8 Å². The van der Waals surface area contributed by atoms with Gasteiger partial charge in [-0.2, -0.15) is 0 Å². The molecule has 0 saturated carbocycles. The van der Waals surface area contributed by atoms with Gasteiger partial charge in [0, 0.05) is 6.07 Å². The van der Waals surface area contributed by atoms with Crippen molar-refractivity contribution in [1.29, 1.82) is 0 Å². The van der Waals surface area contributed by atoms with Crippen LogP contribution in [0.5, 0.6) is 11.5 Å². The molecule has 1 rings (SSSR count). The Labute approximate surface area is 162 Å². The molecule has 0 N–H and O–H groups in total. The molecular formula is C24H42O2. The second-order valence-electron chi connectivity index (χ2n) is 7.62. The molecule has 0 fully saturated rings. The van der Waals surface area contributed by atoms with E-state index in [0.717, 1.165) is 31.1 Å². The predicted octanol–water partition coefficient (Wildman–Crippen LogP) is 7.44. The van der Waals surface area contributed by atoms with Crippen molar-refractivity contribution in [3.63, 3.8) is 0 Å². The van der Waals surface area contributed by atoms with Crippen molar-refractivity contribution < 1.29 is 9.47 Å². The average molecular weight is 363 g/mol. The van der Waals surface area contributed by atoms with Gasteiger partial charge in [0.15, 0.2) is 0 Å². The largest absolute Gasteiger partial charge is 0.493 e. The maximum Gasteiger partial charge on any atom is 0.123 e. The summed E-state index contributed by atoms with van der Waals surface area (Å²) in [5.41, 5.74) is 1.29. The third-order valence-corrected chi connectivity index (χ3v) is 5.41. The first-order valence-electron chi connectivity index (χ1n) is 11.1. The highest BCUT2D eigenvalue weighted by molar-refractivity contribution is 5.38. The molecule has 0 bridgehead atoms. The molecule has 0 aliphatic heterocycles. The second-order valence-corrected chi connectivity index (χ2v) is 7.62. The Kier molecular flexibility index (Phi) is 12.3. The fraction of sp³-hybridized carbons (Fsp3) is 0.750. The maximum absolute atomic E-state index is 6.16. The van der Waals surface area contributed by atoms with Crippen LogP contribution in [0.3, 0.4) is 0 Å². The van der Waals surface area contributed by atoms with Gasteiger partial charge in [0.2, 0.25) is 0 Å². The van der Waals surface area contributed by atoms with E-state index in [1.165, 1.54) is 56.9 Å². The van der Waals surface area contributed by atoms with E-state index < -0.39 is 0 Å². The fourth-order valence-corrected chi connectivity index (χ4v) is 3.23. The van der Waals surface area contributed by atoms with E-state index in [2.05, 4.69) is 52.8 Å². The van der Waals surface area contributed by atoms with Gasteiger partial charge in [-0.15, -0.1) is 0 Å². The summed E-state index contributed by atoms with van der Waals surface area (Å²) < 4.78 is 12.3. The Balaban J connectivity index is 2.65. The quantitative estimate of drug-likeness (QED) is 0.323. The average Bonchev–Trinajstić information content (AvgIpc) is 2.68. The molecule has 0 saturated heterocycles. The van der Waals surface area contributed by atoms with Crippen LogP contribution in [0.1, 0.15) is 91.5 Å². The zero-order valence-corrected chi connectivity index (χ0v) is 18.0. The Morgan fingerprint density at radius 1 is 0.692 bits per heavy atom. The summed E-state index contributed by atoms with van der Waals surface area (Å²) in [5, 5.41) is 0. The second kappa shape index (κ2) is 13.9. The van der Waals surface area contributed by atoms with Crippen LogP contribution < -0.4 is 9.47 Å². The first kappa shape index (κ1) is 22.9. The number of hydrogen-bond donors (Lipinski definition) is 0. The van der Waals surface area contributed by atoms with Crippen LogP contribution >= 0.6 is 0 Å². The summed E-state index contributed by atoms with van der Waals surface area (Å²) in [6, 6.07) is 6.43. The van der Waals surface area contributed by atoms with Gasteiger partial charge in [0.25, 0.3) is 0 Å². The van der Waals surface area contributed by atoms with Crippen LogP contribution in [0.25, 0.3) is 0 Å². The third-order valence-electron chi connectivity index (χ3n) is 5.41. The van der Waals surface area contributed by atoms with E-state index in [0.29, 0.717) is 11.8 Å². The van der Waals surface area contributed by atoms with Crippen LogP contribution in [0.2, 0.25) is 0 Å². The van der Waals surface area contributed by atoms with E-state index >= 15 is 0 Å². The highest BCUT2D eigenvalue weighted by Crippen LogP contribution is 2.26. The number of aryl methyl sites for hydroxylation is 1. The fourth-order valence-electron chi connectivity index (χ4n) is 3.23. The van der Waals surface area contributed by atoms with Gasteiger partial charge >= 0.3 is 0 Å². The molecule has 0 radical (unpaired) electrons. The van der Waals surface area contributed by atoms with Crippen LogP contribution in [0.4, 0.5) is 0 Å². The van der Waals surface area contributed by atoms with Crippen molar-refractivity contribution in [3.8, 4) is 11.5 Å². The molecule has 0 amide bonds. The first-order chi connectivity index (χ1) is 12.7. The minimum absolute atomic E-state index is 0.656. The number of ether oxygens (including phenoxy) is 2. The monoisotopic (exact) mass is 362 g/mol. The third kappa shape index (κ3) is 8.96. The molecule has 26 heavy (non-hydrogen) atoms. The molecule has 2 atom stereocenters. The van der Waals surface area contributed by atoms with E-state index in [4.69, 9.17) is 9.47 Å². The van der Waals surface area contributed by atoms with Crippen LogP contribution in [-0.2, 0) is 6.42 Å². The lowest BCUT2D eigenvalue weighted by atomic mass is 10.0. The molecule has 2 unspecified atom stereocenters. The number of rotatable bonds is 15. The normalized spacial score (nSPS) is 13.4. The van der Waals surface area contributed by atoms with Crippen molar-refractivity contribution in [3.05, 3.63) is 23.8 Å². The topological polar surface area (TPSA) is 18.5 Å². The molecule has 0 aliphatic carbocycles. The van der Waals surface area contributed by atoms with Gasteiger partial charge < -0.3 is 9.47 Å². The summed E-state index contributed by atoms with van der Waals surface area (Å²) in [6.07, 6.45) is 11.0. The first-order valence-corrected chi connectivity index (χ1v) is 11.1. The van der Waals surface area contributed by atoms with Crippen molar-refractivity contribution in [2.24, 2.45) is 11.8 Å². The van der Waals surface area contributed by atoms with Gasteiger partial charge in [0.1, 0.15) is 11.5 Å². The lowest BCUT2D eigenvalue weighted by Crippen LogP contribution is -2.13. The van der Waals surface area contributed by atoms with Crippen molar-refractivity contribution in [2.75, 3.05) is 13.2 Å². The lowest BCUT2D eigenvalue weighted by Gasteiger charge is -2.18. The number of unbranched alkanes of at least 4 members (excludes halogenated alkanes) is 2. The zero-order valence-electron chi connectivity index (χ0n) is 18.0. The Morgan fingerprint density at radius 2 is 1.15 bits per heavy atom. The standard InChI is InChI=1S/C24H42O2/c1-6-11-13-20(8-3)18-25-23-15-22(10-5)16-24(17-23)26-19-21(9-4)14-12-7-2/h15-17,20-21H,6-14,18-19H2,1-5H3. The van der Waals surface area contributed by atoms with Gasteiger partial charge in [-0.05, 0) is 48.8 Å². The minimum atomic E-state index is 0.656. The molecule has 0 aliphatic rings. The molecule has 0 heterocycles. The maximum atomic E-state index is 6.16. The molecule has 2 nitrogen and oxygen atoms in total. The van der Waals surface area contributed by atoms with E-state index in [9.17, 15) is 0 Å². The van der Waals surface area contributed by atoms with E-state index in [1.54, 1.807) is 0 Å². The number of benzene rings is 1. The van der Waals surface area contributed by atoms with E-state index in [-0.39, 0.29) is 0 Å². The molecular weight excluding hydrogens is 320 g/mol. The van der Waals surface area contributed by atoms with E-state index in [1.807, 2.05) is 0 Å². The highest BCUT2D eigenvalue weighted by Gasteiger charge is 2.10. The van der Waals surface area contributed by atoms with Crippen molar-refractivity contribution >= 4 is 0 Å². The van der Waals surface area contributed by atoms with Crippen LogP contribution in [-0.4, -0.2) is 13.2 Å². The summed E-state index contributed by atoms with van der Waals surface area (Å²) in [6.45, 7) is 12.9. The van der Waals surface area contributed by atoms with Gasteiger partial charge in [-0.25, -0.2) is 0 Å². The Hall–Kier alpha value is -1.18.